The number of aryl methyl sites for hydroxylation is 1. The van der Waals surface area contributed by atoms with Gasteiger partial charge in [-0.3, -0.25) is 10.1 Å². The molecular weight excluding hydrogens is 324 g/mol. The molecule has 0 spiro atoms. The molecule has 1 saturated carbocycles. The first-order chi connectivity index (χ1) is 12.1. The number of ether oxygens (including phenoxy) is 1. The number of nitrogens with zero attached hydrogens (tertiary/aromatic N) is 4. The average molecular weight is 344 g/mol. The highest BCUT2D eigenvalue weighted by atomic mass is 16.6. The monoisotopic (exact) mass is 344 g/mol. The lowest BCUT2D eigenvalue weighted by molar-refractivity contribution is -0.384. The van der Waals surface area contributed by atoms with Gasteiger partial charge in [-0.2, -0.15) is 0 Å². The number of rotatable bonds is 5. The van der Waals surface area contributed by atoms with Gasteiger partial charge >= 0.3 is 0 Å². The van der Waals surface area contributed by atoms with Crippen LogP contribution in [0.5, 0.6) is 0 Å². The van der Waals surface area contributed by atoms with E-state index in [2.05, 4.69) is 15.1 Å². The van der Waals surface area contributed by atoms with Crippen LogP contribution in [0.3, 0.4) is 0 Å². The topological polar surface area (TPSA) is 94.5 Å². The number of aromatic nitrogens is 2. The molecule has 1 saturated heterocycles. The Kier molecular flexibility index (Phi) is 3.72. The molecule has 1 aliphatic carbocycles. The maximum absolute atomic E-state index is 11.5. The van der Waals surface area contributed by atoms with Crippen molar-refractivity contribution in [1.29, 1.82) is 0 Å². The van der Waals surface area contributed by atoms with Crippen molar-refractivity contribution < 1.29 is 14.1 Å². The predicted molar refractivity (Wildman–Crippen MR) is 89.2 cm³/mol. The number of benzene rings is 1. The second kappa shape index (κ2) is 5.80. The molecule has 4 rings (SSSR count). The number of anilines is 1. The third-order valence-electron chi connectivity index (χ3n) is 5.46. The standard InChI is InChI=1S/C17H20N4O4/c1-11-3-4-13(21(22)23)14(9-11)20-8-6-12-5-7-17(12,20)16-19-18-15(25-16)10-24-2/h3-4,9,12H,5-8,10H2,1-2H3/t12-,17-/m0/s1. The fourth-order valence-electron chi connectivity index (χ4n) is 4.19. The number of hydrogen-bond donors (Lipinski definition) is 0. The second-order valence-corrected chi connectivity index (χ2v) is 6.78. The van der Waals surface area contributed by atoms with Crippen LogP contribution in [0, 0.1) is 23.0 Å². The van der Waals surface area contributed by atoms with Crippen molar-refractivity contribution in [1.82, 2.24) is 10.2 Å². The van der Waals surface area contributed by atoms with Crippen LogP contribution in [0.4, 0.5) is 11.4 Å². The molecule has 2 aliphatic rings. The average Bonchev–Trinajstić information content (AvgIpc) is 3.10. The van der Waals surface area contributed by atoms with Gasteiger partial charge < -0.3 is 14.1 Å². The van der Waals surface area contributed by atoms with Crippen molar-refractivity contribution in [3.63, 3.8) is 0 Å². The molecule has 1 aliphatic heterocycles. The van der Waals surface area contributed by atoms with Gasteiger partial charge in [0.15, 0.2) is 0 Å². The zero-order valence-corrected chi connectivity index (χ0v) is 14.3. The number of nitro groups is 1. The molecule has 2 heterocycles. The smallest absolute Gasteiger partial charge is 0.292 e. The molecule has 25 heavy (non-hydrogen) atoms. The van der Waals surface area contributed by atoms with Gasteiger partial charge in [-0.15, -0.1) is 10.2 Å². The van der Waals surface area contributed by atoms with E-state index < -0.39 is 5.54 Å². The van der Waals surface area contributed by atoms with E-state index in [0.717, 1.165) is 31.4 Å². The molecule has 0 bridgehead atoms. The van der Waals surface area contributed by atoms with Gasteiger partial charge in [-0.05, 0) is 43.7 Å². The van der Waals surface area contributed by atoms with Gasteiger partial charge in [-0.25, -0.2) is 0 Å². The van der Waals surface area contributed by atoms with E-state index in [1.54, 1.807) is 19.2 Å². The number of fused-ring (bicyclic) bond motifs is 1. The molecule has 2 atom stereocenters. The molecular formula is C17H20N4O4. The van der Waals surface area contributed by atoms with Crippen LogP contribution in [0.25, 0.3) is 0 Å². The lowest BCUT2D eigenvalue weighted by Gasteiger charge is -2.47. The van der Waals surface area contributed by atoms with E-state index in [0.29, 0.717) is 23.4 Å². The van der Waals surface area contributed by atoms with Crippen LogP contribution in [-0.2, 0) is 16.9 Å². The zero-order chi connectivity index (χ0) is 17.6. The molecule has 8 nitrogen and oxygen atoms in total. The zero-order valence-electron chi connectivity index (χ0n) is 14.3. The Morgan fingerprint density at radius 2 is 2.28 bits per heavy atom. The summed E-state index contributed by atoms with van der Waals surface area (Å²) in [6.07, 6.45) is 2.89. The maximum Gasteiger partial charge on any atom is 0.292 e. The summed E-state index contributed by atoms with van der Waals surface area (Å²) in [6, 6.07) is 5.23. The second-order valence-electron chi connectivity index (χ2n) is 6.78. The summed E-state index contributed by atoms with van der Waals surface area (Å²) in [5.74, 6) is 1.36. The fourth-order valence-corrected chi connectivity index (χ4v) is 4.19. The Morgan fingerprint density at radius 1 is 1.44 bits per heavy atom. The minimum atomic E-state index is -0.433. The van der Waals surface area contributed by atoms with E-state index in [9.17, 15) is 10.1 Å². The molecule has 0 N–H and O–H groups in total. The normalized spacial score (nSPS) is 24.9. The van der Waals surface area contributed by atoms with Crippen molar-refractivity contribution in [2.45, 2.75) is 38.3 Å². The Morgan fingerprint density at radius 3 is 2.96 bits per heavy atom. The first kappa shape index (κ1) is 16.0. The van der Waals surface area contributed by atoms with Gasteiger partial charge in [0.05, 0.1) is 4.92 Å². The largest absolute Gasteiger partial charge is 0.420 e. The molecule has 1 aromatic heterocycles. The molecule has 2 aromatic rings. The van der Waals surface area contributed by atoms with Gasteiger partial charge in [0.2, 0.25) is 11.8 Å². The van der Waals surface area contributed by atoms with Gasteiger partial charge in [0, 0.05) is 19.7 Å². The number of nitro benzene ring substituents is 1. The summed E-state index contributed by atoms with van der Waals surface area (Å²) in [5, 5.41) is 19.9. The highest BCUT2D eigenvalue weighted by molar-refractivity contribution is 5.67. The Balaban J connectivity index is 1.79. The lowest BCUT2D eigenvalue weighted by Crippen LogP contribution is -2.52. The summed E-state index contributed by atoms with van der Waals surface area (Å²) in [4.78, 5) is 13.3. The van der Waals surface area contributed by atoms with E-state index in [4.69, 9.17) is 9.15 Å². The van der Waals surface area contributed by atoms with Crippen LogP contribution >= 0.6 is 0 Å². The third kappa shape index (κ3) is 2.31. The van der Waals surface area contributed by atoms with Crippen molar-refractivity contribution in [3.05, 3.63) is 45.7 Å². The highest BCUT2D eigenvalue weighted by Crippen LogP contribution is 2.58. The van der Waals surface area contributed by atoms with Gasteiger partial charge in [0.25, 0.3) is 5.69 Å². The quantitative estimate of drug-likeness (QED) is 0.608. The van der Waals surface area contributed by atoms with Crippen molar-refractivity contribution in [2.24, 2.45) is 5.92 Å². The molecule has 0 radical (unpaired) electrons. The van der Waals surface area contributed by atoms with E-state index in [1.165, 1.54) is 0 Å². The van der Waals surface area contributed by atoms with Crippen LogP contribution in [0.1, 0.15) is 36.6 Å². The minimum absolute atomic E-state index is 0.120. The fraction of sp³-hybridized carbons (Fsp3) is 0.529. The first-order valence-electron chi connectivity index (χ1n) is 8.40. The van der Waals surface area contributed by atoms with Crippen LogP contribution in [0.2, 0.25) is 0 Å². The lowest BCUT2D eigenvalue weighted by atomic mass is 9.67. The van der Waals surface area contributed by atoms with Gasteiger partial charge in [0.1, 0.15) is 17.8 Å². The summed E-state index contributed by atoms with van der Waals surface area (Å²) in [7, 11) is 1.58. The third-order valence-corrected chi connectivity index (χ3v) is 5.46. The molecule has 0 unspecified atom stereocenters. The minimum Gasteiger partial charge on any atom is -0.420 e. The Bertz CT molecular complexity index is 821. The molecule has 2 fully saturated rings. The van der Waals surface area contributed by atoms with Crippen LogP contribution in [0.15, 0.2) is 22.6 Å². The van der Waals surface area contributed by atoms with Crippen molar-refractivity contribution in [2.75, 3.05) is 18.6 Å². The number of hydrogen-bond acceptors (Lipinski definition) is 7. The van der Waals surface area contributed by atoms with E-state index in [1.807, 2.05) is 13.0 Å². The molecule has 1 aromatic carbocycles. The summed E-state index contributed by atoms with van der Waals surface area (Å²) < 4.78 is 10.9. The summed E-state index contributed by atoms with van der Waals surface area (Å²) in [5.41, 5.74) is 1.31. The van der Waals surface area contributed by atoms with Crippen LogP contribution < -0.4 is 4.90 Å². The Labute approximate surface area is 144 Å². The summed E-state index contributed by atoms with van der Waals surface area (Å²) >= 11 is 0. The predicted octanol–water partition coefficient (Wildman–Crippen LogP) is 2.95. The van der Waals surface area contributed by atoms with E-state index in [-0.39, 0.29) is 17.2 Å². The SMILES string of the molecule is COCc1nnc([C@]23CC[C@H]2CCN3c2cc(C)ccc2[N+](=O)[O-])o1. The Hall–Kier alpha value is -2.48. The highest BCUT2D eigenvalue weighted by Gasteiger charge is 2.60. The summed E-state index contributed by atoms with van der Waals surface area (Å²) in [6.45, 7) is 2.95. The molecule has 0 amide bonds. The number of methoxy groups -OCH3 is 1. The maximum atomic E-state index is 11.5. The van der Waals surface area contributed by atoms with Crippen molar-refractivity contribution in [3.8, 4) is 0 Å². The first-order valence-corrected chi connectivity index (χ1v) is 8.40. The molecule has 8 heteroatoms. The van der Waals surface area contributed by atoms with Gasteiger partial charge in [-0.1, -0.05) is 6.07 Å². The molecule has 132 valence electrons. The van der Waals surface area contributed by atoms with Crippen molar-refractivity contribution >= 4 is 11.4 Å². The van der Waals surface area contributed by atoms with E-state index >= 15 is 0 Å². The van der Waals surface area contributed by atoms with Crippen LogP contribution in [-0.4, -0.2) is 28.8 Å².